The zero-order valence-corrected chi connectivity index (χ0v) is 13.3. The van der Waals surface area contributed by atoms with E-state index in [9.17, 15) is 4.39 Å². The fourth-order valence-electron chi connectivity index (χ4n) is 2.40. The molecule has 1 N–H and O–H groups in total. The van der Waals surface area contributed by atoms with Crippen LogP contribution in [-0.2, 0) is 12.8 Å². The van der Waals surface area contributed by atoms with E-state index in [1.807, 2.05) is 12.1 Å². The quantitative estimate of drug-likeness (QED) is 0.641. The van der Waals surface area contributed by atoms with Crippen LogP contribution in [0.25, 0.3) is 5.95 Å². The lowest BCUT2D eigenvalue weighted by Crippen LogP contribution is -2.19. The highest BCUT2D eigenvalue weighted by atomic mass is 19.1. The molecule has 0 aliphatic carbocycles. The molecule has 6 nitrogen and oxygen atoms in total. The smallest absolute Gasteiger partial charge is 0.252 e. The molecular formula is C17H19FN6. The van der Waals surface area contributed by atoms with Gasteiger partial charge in [0, 0.05) is 24.9 Å². The third kappa shape index (κ3) is 4.66. The van der Waals surface area contributed by atoms with Crippen molar-refractivity contribution in [3.8, 4) is 5.95 Å². The van der Waals surface area contributed by atoms with E-state index in [-0.39, 0.29) is 5.82 Å². The topological polar surface area (TPSA) is 68.5 Å². The summed E-state index contributed by atoms with van der Waals surface area (Å²) in [4.78, 5) is 12.5. The molecule has 0 atom stereocenters. The van der Waals surface area contributed by atoms with Crippen LogP contribution in [0, 0.1) is 5.82 Å². The number of hydrogen-bond donors (Lipinski definition) is 1. The molecule has 3 rings (SSSR count). The summed E-state index contributed by atoms with van der Waals surface area (Å²) in [7, 11) is 0. The number of benzene rings is 1. The molecule has 1 aromatic carbocycles. The summed E-state index contributed by atoms with van der Waals surface area (Å²) in [5.41, 5.74) is 1.98. The molecule has 0 aliphatic heterocycles. The van der Waals surface area contributed by atoms with Crippen molar-refractivity contribution in [3.05, 3.63) is 66.3 Å². The molecule has 0 radical (unpaired) electrons. The Hall–Kier alpha value is -2.67. The molecule has 0 amide bonds. The second kappa shape index (κ2) is 8.26. The van der Waals surface area contributed by atoms with Crippen molar-refractivity contribution in [2.45, 2.75) is 19.3 Å². The molecule has 0 fully saturated rings. The van der Waals surface area contributed by atoms with Gasteiger partial charge in [-0.15, -0.1) is 0 Å². The summed E-state index contributed by atoms with van der Waals surface area (Å²) >= 11 is 0. The molecule has 124 valence electrons. The van der Waals surface area contributed by atoms with Gasteiger partial charge in [-0.25, -0.2) is 19.3 Å². The molecule has 0 spiro atoms. The Bertz CT molecular complexity index is 759. The SMILES string of the molecule is Fc1cccc(CCCNCCc2ccnc(-n3cncn3)n2)c1. The first kappa shape index (κ1) is 16.2. The average Bonchev–Trinajstić information content (AvgIpc) is 3.13. The van der Waals surface area contributed by atoms with Crippen LogP contribution in [0.3, 0.4) is 0 Å². The van der Waals surface area contributed by atoms with Crippen molar-refractivity contribution < 1.29 is 4.39 Å². The van der Waals surface area contributed by atoms with E-state index in [0.29, 0.717) is 5.95 Å². The predicted molar refractivity (Wildman–Crippen MR) is 88.2 cm³/mol. The number of nitrogens with one attached hydrogen (secondary N) is 1. The maximum Gasteiger partial charge on any atom is 0.252 e. The van der Waals surface area contributed by atoms with Crippen molar-refractivity contribution in [2.75, 3.05) is 13.1 Å². The zero-order chi connectivity index (χ0) is 16.6. The van der Waals surface area contributed by atoms with Crippen LogP contribution in [-0.4, -0.2) is 37.8 Å². The molecular weight excluding hydrogens is 307 g/mol. The molecule has 2 heterocycles. The molecule has 2 aromatic heterocycles. The van der Waals surface area contributed by atoms with Crippen LogP contribution < -0.4 is 5.32 Å². The first-order chi connectivity index (χ1) is 11.8. The van der Waals surface area contributed by atoms with Gasteiger partial charge >= 0.3 is 0 Å². The first-order valence-electron chi connectivity index (χ1n) is 7.93. The predicted octanol–water partition coefficient (Wildman–Crippen LogP) is 1.96. The Morgan fingerprint density at radius 2 is 2.08 bits per heavy atom. The van der Waals surface area contributed by atoms with Crippen molar-refractivity contribution in [2.24, 2.45) is 0 Å². The van der Waals surface area contributed by atoms with Gasteiger partial charge in [0.1, 0.15) is 18.5 Å². The summed E-state index contributed by atoms with van der Waals surface area (Å²) in [6, 6.07) is 8.66. The van der Waals surface area contributed by atoms with E-state index >= 15 is 0 Å². The van der Waals surface area contributed by atoms with E-state index in [0.717, 1.165) is 43.6 Å². The summed E-state index contributed by atoms with van der Waals surface area (Å²) < 4.78 is 14.6. The lowest BCUT2D eigenvalue weighted by molar-refractivity contribution is 0.619. The van der Waals surface area contributed by atoms with Crippen molar-refractivity contribution in [3.63, 3.8) is 0 Å². The first-order valence-corrected chi connectivity index (χ1v) is 7.93. The van der Waals surface area contributed by atoms with Crippen LogP contribution >= 0.6 is 0 Å². The van der Waals surface area contributed by atoms with E-state index in [1.165, 1.54) is 17.1 Å². The van der Waals surface area contributed by atoms with Crippen LogP contribution in [0.2, 0.25) is 0 Å². The summed E-state index contributed by atoms with van der Waals surface area (Å²) in [5, 5.41) is 7.41. The minimum absolute atomic E-state index is 0.174. The largest absolute Gasteiger partial charge is 0.316 e. The number of nitrogens with zero attached hydrogens (tertiary/aromatic N) is 5. The molecule has 7 heteroatoms. The number of hydrogen-bond acceptors (Lipinski definition) is 5. The highest BCUT2D eigenvalue weighted by Gasteiger charge is 2.02. The Labute approximate surface area is 139 Å². The second-order valence-corrected chi connectivity index (χ2v) is 5.42. The third-order valence-corrected chi connectivity index (χ3v) is 3.59. The highest BCUT2D eigenvalue weighted by Crippen LogP contribution is 2.05. The lowest BCUT2D eigenvalue weighted by Gasteiger charge is -2.06. The van der Waals surface area contributed by atoms with Crippen LogP contribution in [0.5, 0.6) is 0 Å². The zero-order valence-electron chi connectivity index (χ0n) is 13.3. The van der Waals surface area contributed by atoms with Gasteiger partial charge < -0.3 is 5.32 Å². The van der Waals surface area contributed by atoms with Gasteiger partial charge in [0.05, 0.1) is 0 Å². The normalized spacial score (nSPS) is 10.9. The van der Waals surface area contributed by atoms with Gasteiger partial charge in [-0.2, -0.15) is 9.78 Å². The highest BCUT2D eigenvalue weighted by molar-refractivity contribution is 5.16. The summed E-state index contributed by atoms with van der Waals surface area (Å²) in [5.74, 6) is 0.350. The van der Waals surface area contributed by atoms with Gasteiger partial charge in [-0.1, -0.05) is 12.1 Å². The van der Waals surface area contributed by atoms with Crippen LogP contribution in [0.1, 0.15) is 17.7 Å². The van der Waals surface area contributed by atoms with E-state index in [2.05, 4.69) is 25.4 Å². The second-order valence-electron chi connectivity index (χ2n) is 5.42. The molecule has 3 aromatic rings. The number of halogens is 1. The van der Waals surface area contributed by atoms with E-state index in [4.69, 9.17) is 0 Å². The maximum atomic E-state index is 13.1. The maximum absolute atomic E-state index is 13.1. The third-order valence-electron chi connectivity index (χ3n) is 3.59. The van der Waals surface area contributed by atoms with E-state index < -0.39 is 0 Å². The molecule has 0 unspecified atom stereocenters. The van der Waals surface area contributed by atoms with Gasteiger partial charge in [-0.3, -0.25) is 0 Å². The van der Waals surface area contributed by atoms with Crippen molar-refractivity contribution >= 4 is 0 Å². The fraction of sp³-hybridized carbons (Fsp3) is 0.294. The number of aromatic nitrogens is 5. The van der Waals surface area contributed by atoms with E-state index in [1.54, 1.807) is 24.7 Å². The van der Waals surface area contributed by atoms with Gasteiger partial charge in [0.15, 0.2) is 0 Å². The Balaban J connectivity index is 1.38. The minimum Gasteiger partial charge on any atom is -0.316 e. The molecule has 0 aliphatic rings. The summed E-state index contributed by atoms with van der Waals surface area (Å²) in [6.45, 7) is 1.72. The van der Waals surface area contributed by atoms with Gasteiger partial charge in [0.2, 0.25) is 0 Å². The minimum atomic E-state index is -0.174. The Morgan fingerprint density at radius 3 is 2.92 bits per heavy atom. The molecule has 0 saturated heterocycles. The monoisotopic (exact) mass is 326 g/mol. The van der Waals surface area contributed by atoms with Gasteiger partial charge in [-0.05, 0) is 43.1 Å². The fourth-order valence-corrected chi connectivity index (χ4v) is 2.40. The Kier molecular flexibility index (Phi) is 5.57. The molecule has 0 saturated carbocycles. The lowest BCUT2D eigenvalue weighted by atomic mass is 10.1. The van der Waals surface area contributed by atoms with Gasteiger partial charge in [0.25, 0.3) is 5.95 Å². The standard InChI is InChI=1S/C17H19FN6/c18-15-5-1-3-14(11-15)4-2-8-19-9-6-16-7-10-21-17(23-16)24-13-20-12-22-24/h1,3,5,7,10-13,19H,2,4,6,8-9H2. The van der Waals surface area contributed by atoms with Crippen LogP contribution in [0.4, 0.5) is 4.39 Å². The van der Waals surface area contributed by atoms with Crippen molar-refractivity contribution in [1.29, 1.82) is 0 Å². The number of rotatable bonds is 8. The summed E-state index contributed by atoms with van der Waals surface area (Å²) in [6.07, 6.45) is 7.40. The molecule has 0 bridgehead atoms. The average molecular weight is 326 g/mol. The Morgan fingerprint density at radius 1 is 1.12 bits per heavy atom. The number of aryl methyl sites for hydroxylation is 1. The van der Waals surface area contributed by atoms with Crippen LogP contribution in [0.15, 0.2) is 49.2 Å². The molecule has 24 heavy (non-hydrogen) atoms. The van der Waals surface area contributed by atoms with Crippen molar-refractivity contribution in [1.82, 2.24) is 30.0 Å².